The third-order valence-electron chi connectivity index (χ3n) is 4.99. The summed E-state index contributed by atoms with van der Waals surface area (Å²) in [6.07, 6.45) is 1.50. The van der Waals surface area contributed by atoms with Gasteiger partial charge in [-0.15, -0.1) is 0 Å². The van der Waals surface area contributed by atoms with Gasteiger partial charge >= 0.3 is 5.97 Å². The number of rotatable bonds is 5. The van der Waals surface area contributed by atoms with Crippen molar-refractivity contribution in [2.75, 3.05) is 59.5 Å². The summed E-state index contributed by atoms with van der Waals surface area (Å²) in [5.41, 5.74) is 0. The second-order valence-corrected chi connectivity index (χ2v) is 6.66. The second kappa shape index (κ2) is 7.99. The summed E-state index contributed by atoms with van der Waals surface area (Å²) >= 11 is 0. The highest BCUT2D eigenvalue weighted by Crippen LogP contribution is 2.20. The van der Waals surface area contributed by atoms with Gasteiger partial charge in [0.2, 0.25) is 0 Å². The molecule has 0 radical (unpaired) electrons. The average molecular weight is 351 g/mol. The highest BCUT2D eigenvalue weighted by atomic mass is 16.5. The molecular formula is C17H25N3O5. The molecule has 1 aromatic heterocycles. The van der Waals surface area contributed by atoms with Gasteiger partial charge in [0.15, 0.2) is 5.76 Å². The third kappa shape index (κ3) is 4.20. The predicted octanol–water partition coefficient (Wildman–Crippen LogP) is 0.0688. The van der Waals surface area contributed by atoms with Gasteiger partial charge in [0, 0.05) is 59.0 Å². The van der Waals surface area contributed by atoms with Crippen LogP contribution in [0.25, 0.3) is 0 Å². The number of carboxylic acids is 1. The molecule has 1 N–H and O–H groups in total. The number of carboxylic acid groups (broad SMARTS) is 1. The number of ether oxygens (including phenoxy) is 1. The van der Waals surface area contributed by atoms with Crippen molar-refractivity contribution in [3.8, 4) is 0 Å². The summed E-state index contributed by atoms with van der Waals surface area (Å²) in [5.74, 6) is -0.944. The molecule has 0 spiro atoms. The Kier molecular flexibility index (Phi) is 5.72. The molecule has 2 fully saturated rings. The zero-order valence-corrected chi connectivity index (χ0v) is 14.5. The summed E-state index contributed by atoms with van der Waals surface area (Å²) in [5, 5.41) is 9.50. The summed E-state index contributed by atoms with van der Waals surface area (Å²) in [4.78, 5) is 30.2. The number of methoxy groups -OCH3 is 1. The number of aliphatic carboxylic acids is 1. The van der Waals surface area contributed by atoms with Gasteiger partial charge in [0.1, 0.15) is 0 Å². The smallest absolute Gasteiger partial charge is 0.309 e. The summed E-state index contributed by atoms with van der Waals surface area (Å²) < 4.78 is 10.4. The highest BCUT2D eigenvalue weighted by molar-refractivity contribution is 5.91. The van der Waals surface area contributed by atoms with E-state index in [-0.39, 0.29) is 11.9 Å². The molecule has 1 amide bonds. The predicted molar refractivity (Wildman–Crippen MR) is 89.4 cm³/mol. The van der Waals surface area contributed by atoms with Gasteiger partial charge < -0.3 is 19.2 Å². The zero-order chi connectivity index (χ0) is 17.8. The summed E-state index contributed by atoms with van der Waals surface area (Å²) in [7, 11) is 1.64. The van der Waals surface area contributed by atoms with Crippen LogP contribution in [0.4, 0.5) is 0 Å². The fraction of sp³-hybridized carbons (Fsp3) is 0.647. The first-order valence-electron chi connectivity index (χ1n) is 8.59. The first-order chi connectivity index (χ1) is 12.1. The van der Waals surface area contributed by atoms with Crippen LogP contribution in [0, 0.1) is 5.92 Å². The van der Waals surface area contributed by atoms with Crippen molar-refractivity contribution < 1.29 is 23.8 Å². The molecule has 8 heteroatoms. The van der Waals surface area contributed by atoms with Crippen LogP contribution in [0.2, 0.25) is 0 Å². The second-order valence-electron chi connectivity index (χ2n) is 6.66. The van der Waals surface area contributed by atoms with Gasteiger partial charge in [0.05, 0.1) is 18.8 Å². The van der Waals surface area contributed by atoms with E-state index >= 15 is 0 Å². The molecule has 3 rings (SSSR count). The quantitative estimate of drug-likeness (QED) is 0.803. The third-order valence-corrected chi connectivity index (χ3v) is 4.99. The van der Waals surface area contributed by atoms with Crippen molar-refractivity contribution >= 4 is 11.9 Å². The maximum absolute atomic E-state index is 12.5. The lowest BCUT2D eigenvalue weighted by Crippen LogP contribution is -2.57. The van der Waals surface area contributed by atoms with Crippen LogP contribution in [0.1, 0.15) is 10.6 Å². The zero-order valence-electron chi connectivity index (χ0n) is 14.5. The topological polar surface area (TPSA) is 86.5 Å². The van der Waals surface area contributed by atoms with Crippen LogP contribution in [0.15, 0.2) is 22.8 Å². The minimum atomic E-state index is -0.767. The minimum absolute atomic E-state index is 0.105. The first kappa shape index (κ1) is 17.9. The van der Waals surface area contributed by atoms with Crippen molar-refractivity contribution in [1.82, 2.24) is 14.7 Å². The lowest BCUT2D eigenvalue weighted by atomic mass is 10.1. The number of carbonyl (C=O) groups is 2. The normalized spacial score (nSPS) is 25.4. The standard InChI is InChI=1S/C17H25N3O5/c1-24-8-6-18-9-13(17(22)23)10-19-4-5-20(12-14(19)11-18)16(21)15-3-2-7-25-15/h2-3,7,13-14H,4-6,8-12H2,1H3,(H,22,23)/t13-,14+/m1/s1. The van der Waals surface area contributed by atoms with Crippen molar-refractivity contribution in [3.05, 3.63) is 24.2 Å². The van der Waals surface area contributed by atoms with E-state index in [1.54, 1.807) is 24.1 Å². The molecule has 3 heterocycles. The summed E-state index contributed by atoms with van der Waals surface area (Å²) in [6, 6.07) is 3.50. The molecule has 0 unspecified atom stereocenters. The van der Waals surface area contributed by atoms with Crippen LogP contribution in [0.5, 0.6) is 0 Å². The molecule has 25 heavy (non-hydrogen) atoms. The van der Waals surface area contributed by atoms with Crippen LogP contribution in [-0.4, -0.2) is 97.3 Å². The number of carbonyl (C=O) groups excluding carboxylic acids is 1. The molecular weight excluding hydrogens is 326 g/mol. The van der Waals surface area contributed by atoms with Gasteiger partial charge in [-0.25, -0.2) is 0 Å². The van der Waals surface area contributed by atoms with E-state index in [4.69, 9.17) is 9.15 Å². The minimum Gasteiger partial charge on any atom is -0.481 e. The molecule has 2 atom stereocenters. The SMILES string of the molecule is COCCN1C[C@@H](C(=O)O)CN2CCN(C(=O)c3ccco3)C[C@@H]2C1. The van der Waals surface area contributed by atoms with Gasteiger partial charge in [-0.2, -0.15) is 0 Å². The molecule has 0 aromatic carbocycles. The maximum atomic E-state index is 12.5. The van der Waals surface area contributed by atoms with Crippen LogP contribution >= 0.6 is 0 Å². The highest BCUT2D eigenvalue weighted by Gasteiger charge is 2.37. The van der Waals surface area contributed by atoms with Gasteiger partial charge in [-0.3, -0.25) is 19.4 Å². The number of hydrogen-bond acceptors (Lipinski definition) is 6. The van der Waals surface area contributed by atoms with Crippen molar-refractivity contribution in [2.45, 2.75) is 6.04 Å². The van der Waals surface area contributed by atoms with E-state index in [1.807, 2.05) is 0 Å². The monoisotopic (exact) mass is 351 g/mol. The fourth-order valence-electron chi connectivity index (χ4n) is 3.63. The van der Waals surface area contributed by atoms with Crippen molar-refractivity contribution in [1.29, 1.82) is 0 Å². The number of amides is 1. The van der Waals surface area contributed by atoms with Crippen LogP contribution in [-0.2, 0) is 9.53 Å². The molecule has 1 aromatic rings. The average Bonchev–Trinajstić information content (AvgIpc) is 3.07. The van der Waals surface area contributed by atoms with E-state index in [0.717, 1.165) is 6.54 Å². The van der Waals surface area contributed by atoms with Gasteiger partial charge in [0.25, 0.3) is 5.91 Å². The van der Waals surface area contributed by atoms with E-state index < -0.39 is 11.9 Å². The van der Waals surface area contributed by atoms with Gasteiger partial charge in [-0.1, -0.05) is 0 Å². The first-order valence-corrected chi connectivity index (χ1v) is 8.59. The van der Waals surface area contributed by atoms with E-state index in [1.165, 1.54) is 6.26 Å². The summed E-state index contributed by atoms with van der Waals surface area (Å²) in [6.45, 7) is 4.86. The maximum Gasteiger partial charge on any atom is 0.309 e. The molecule has 0 aliphatic carbocycles. The molecule has 138 valence electrons. The molecule has 0 bridgehead atoms. The molecule has 2 aliphatic heterocycles. The molecule has 2 aliphatic rings. The van der Waals surface area contributed by atoms with Crippen LogP contribution < -0.4 is 0 Å². The van der Waals surface area contributed by atoms with E-state index in [9.17, 15) is 14.7 Å². The molecule has 8 nitrogen and oxygen atoms in total. The van der Waals surface area contributed by atoms with Gasteiger partial charge in [-0.05, 0) is 12.1 Å². The Morgan fingerprint density at radius 3 is 2.80 bits per heavy atom. The number of nitrogens with zero attached hydrogens (tertiary/aromatic N) is 3. The Morgan fingerprint density at radius 2 is 2.12 bits per heavy atom. The largest absolute Gasteiger partial charge is 0.481 e. The number of piperazine rings is 1. The number of furan rings is 1. The fourth-order valence-corrected chi connectivity index (χ4v) is 3.63. The molecule has 2 saturated heterocycles. The Hall–Kier alpha value is -1.90. The number of fused-ring (bicyclic) bond motifs is 1. The number of hydrogen-bond donors (Lipinski definition) is 1. The molecule has 0 saturated carbocycles. The van der Waals surface area contributed by atoms with Crippen LogP contribution in [0.3, 0.4) is 0 Å². The van der Waals surface area contributed by atoms with E-state index in [0.29, 0.717) is 51.6 Å². The lowest BCUT2D eigenvalue weighted by molar-refractivity contribution is -0.142. The van der Waals surface area contributed by atoms with Crippen molar-refractivity contribution in [2.24, 2.45) is 5.92 Å². The van der Waals surface area contributed by atoms with Crippen molar-refractivity contribution in [3.63, 3.8) is 0 Å². The Labute approximate surface area is 146 Å². The Bertz CT molecular complexity index is 591. The Balaban J connectivity index is 1.70. The lowest BCUT2D eigenvalue weighted by Gasteiger charge is -2.41. The van der Waals surface area contributed by atoms with E-state index in [2.05, 4.69) is 9.80 Å². The Morgan fingerprint density at radius 1 is 1.28 bits per heavy atom.